The molecule has 0 aliphatic heterocycles. The molecule has 0 saturated carbocycles. The molecule has 0 spiro atoms. The van der Waals surface area contributed by atoms with Gasteiger partial charge in [-0.3, -0.25) is 9.78 Å². The second kappa shape index (κ2) is 9.00. The molecule has 3 aromatic rings. The lowest BCUT2D eigenvalue weighted by atomic mass is 9.82. The Labute approximate surface area is 180 Å². The van der Waals surface area contributed by atoms with Crippen molar-refractivity contribution >= 4 is 17.5 Å². The van der Waals surface area contributed by atoms with E-state index in [1.807, 2.05) is 49.5 Å². The summed E-state index contributed by atoms with van der Waals surface area (Å²) in [6.07, 6.45) is 6.52. The minimum atomic E-state index is -0.451. The van der Waals surface area contributed by atoms with Crippen LogP contribution in [-0.2, 0) is 6.42 Å². The number of H-pyrrole nitrogens is 2. The first-order chi connectivity index (χ1) is 15.1. The minimum absolute atomic E-state index is 0.0991. The summed E-state index contributed by atoms with van der Waals surface area (Å²) in [5, 5.41) is 10.7. The van der Waals surface area contributed by atoms with Gasteiger partial charge in [0.15, 0.2) is 0 Å². The van der Waals surface area contributed by atoms with Crippen molar-refractivity contribution in [3.63, 3.8) is 0 Å². The Bertz CT molecular complexity index is 1240. The zero-order valence-corrected chi connectivity index (χ0v) is 17.5. The summed E-state index contributed by atoms with van der Waals surface area (Å²) in [6.45, 7) is 0. The predicted octanol–water partition coefficient (Wildman–Crippen LogP) is 4.04. The molecule has 0 amide bonds. The van der Waals surface area contributed by atoms with Gasteiger partial charge in [-0.15, -0.1) is 0 Å². The number of aromatic amines is 2. The van der Waals surface area contributed by atoms with Gasteiger partial charge in [-0.2, -0.15) is 0 Å². The normalized spacial score (nSPS) is 15.9. The number of allylic oxidation sites excluding steroid dienone is 2. The van der Waals surface area contributed by atoms with Crippen molar-refractivity contribution in [1.29, 1.82) is 5.41 Å². The van der Waals surface area contributed by atoms with E-state index in [1.165, 1.54) is 11.8 Å². The molecule has 1 unspecified atom stereocenters. The van der Waals surface area contributed by atoms with Crippen molar-refractivity contribution in [2.75, 3.05) is 12.4 Å². The third kappa shape index (κ3) is 4.43. The molecular weight excluding hydrogens is 388 g/mol. The fraction of sp³-hybridized carbons (Fsp3) is 0.240. The molecule has 31 heavy (non-hydrogen) atoms. The van der Waals surface area contributed by atoms with Crippen LogP contribution >= 0.6 is 0 Å². The van der Waals surface area contributed by atoms with Crippen molar-refractivity contribution in [2.24, 2.45) is 0 Å². The van der Waals surface area contributed by atoms with Gasteiger partial charge in [0.05, 0.1) is 0 Å². The van der Waals surface area contributed by atoms with Crippen LogP contribution in [0.1, 0.15) is 53.1 Å². The Morgan fingerprint density at radius 1 is 1.13 bits per heavy atom. The van der Waals surface area contributed by atoms with E-state index in [4.69, 9.17) is 5.41 Å². The van der Waals surface area contributed by atoms with Gasteiger partial charge in [0.25, 0.3) is 5.56 Å². The highest BCUT2D eigenvalue weighted by Gasteiger charge is 2.23. The molecule has 0 radical (unpaired) electrons. The van der Waals surface area contributed by atoms with Gasteiger partial charge in [-0.25, -0.2) is 4.79 Å². The van der Waals surface area contributed by atoms with Gasteiger partial charge in [0.2, 0.25) is 0 Å². The molecule has 4 rings (SSSR count). The third-order valence-corrected chi connectivity index (χ3v) is 5.97. The van der Waals surface area contributed by atoms with Crippen molar-refractivity contribution in [3.05, 3.63) is 103 Å². The first-order valence-corrected chi connectivity index (χ1v) is 10.5. The van der Waals surface area contributed by atoms with E-state index >= 15 is 0 Å². The molecule has 2 aromatic carbocycles. The second-order valence-electron chi connectivity index (χ2n) is 7.86. The Morgan fingerprint density at radius 2 is 1.94 bits per heavy atom. The van der Waals surface area contributed by atoms with E-state index in [9.17, 15) is 9.59 Å². The zero-order chi connectivity index (χ0) is 21.8. The number of benzene rings is 2. The van der Waals surface area contributed by atoms with Crippen molar-refractivity contribution in [2.45, 2.75) is 31.6 Å². The SMILES string of the molecule is CNc1cc(C2=CCC(c3[nH]c(=O)[nH]c(=O)c3Cc3ccccc3)CC2)ccc1C=N. The molecule has 0 saturated heterocycles. The van der Waals surface area contributed by atoms with Gasteiger partial charge in [0.1, 0.15) is 0 Å². The average Bonchev–Trinajstić information content (AvgIpc) is 2.81. The van der Waals surface area contributed by atoms with Crippen LogP contribution in [0, 0.1) is 5.41 Å². The van der Waals surface area contributed by atoms with Crippen LogP contribution in [0.3, 0.4) is 0 Å². The Hall–Kier alpha value is -3.67. The number of anilines is 1. The Morgan fingerprint density at radius 3 is 2.61 bits per heavy atom. The van der Waals surface area contributed by atoms with Gasteiger partial charge < -0.3 is 15.7 Å². The van der Waals surface area contributed by atoms with Crippen LogP contribution in [-0.4, -0.2) is 23.2 Å². The zero-order valence-electron chi connectivity index (χ0n) is 17.5. The smallest absolute Gasteiger partial charge is 0.325 e. The molecule has 0 bridgehead atoms. The lowest BCUT2D eigenvalue weighted by molar-refractivity contribution is 0.596. The Balaban J connectivity index is 1.63. The second-order valence-corrected chi connectivity index (χ2v) is 7.86. The summed E-state index contributed by atoms with van der Waals surface area (Å²) >= 11 is 0. The van der Waals surface area contributed by atoms with Crippen LogP contribution in [0.15, 0.2) is 64.2 Å². The summed E-state index contributed by atoms with van der Waals surface area (Å²) in [6, 6.07) is 15.9. The molecule has 1 heterocycles. The molecule has 1 atom stereocenters. The summed E-state index contributed by atoms with van der Waals surface area (Å²) in [5.41, 5.74) is 5.85. The van der Waals surface area contributed by atoms with E-state index < -0.39 is 5.69 Å². The van der Waals surface area contributed by atoms with Crippen LogP contribution in [0.25, 0.3) is 5.57 Å². The molecule has 1 aromatic heterocycles. The highest BCUT2D eigenvalue weighted by atomic mass is 16.2. The minimum Gasteiger partial charge on any atom is -0.388 e. The maximum atomic E-state index is 12.6. The van der Waals surface area contributed by atoms with Crippen molar-refractivity contribution in [3.8, 4) is 0 Å². The molecule has 158 valence electrons. The molecule has 1 aliphatic rings. The van der Waals surface area contributed by atoms with E-state index in [2.05, 4.69) is 27.4 Å². The lowest BCUT2D eigenvalue weighted by Crippen LogP contribution is -2.29. The fourth-order valence-electron chi connectivity index (χ4n) is 4.31. The number of aromatic nitrogens is 2. The molecule has 1 aliphatic carbocycles. The molecular formula is C25H26N4O2. The largest absolute Gasteiger partial charge is 0.388 e. The third-order valence-electron chi connectivity index (χ3n) is 5.97. The van der Waals surface area contributed by atoms with Gasteiger partial charge in [-0.1, -0.05) is 48.5 Å². The van der Waals surface area contributed by atoms with Crippen LogP contribution in [0.2, 0.25) is 0 Å². The van der Waals surface area contributed by atoms with Gasteiger partial charge >= 0.3 is 5.69 Å². The van der Waals surface area contributed by atoms with Gasteiger partial charge in [0, 0.05) is 48.1 Å². The predicted molar refractivity (Wildman–Crippen MR) is 125 cm³/mol. The quantitative estimate of drug-likeness (QED) is 0.458. The van der Waals surface area contributed by atoms with Crippen molar-refractivity contribution < 1.29 is 0 Å². The number of hydrogen-bond donors (Lipinski definition) is 4. The van der Waals surface area contributed by atoms with E-state index in [1.54, 1.807) is 0 Å². The van der Waals surface area contributed by atoms with Gasteiger partial charge in [-0.05, 0) is 42.0 Å². The summed E-state index contributed by atoms with van der Waals surface area (Å²) in [7, 11) is 1.86. The maximum absolute atomic E-state index is 12.6. The molecule has 4 N–H and O–H groups in total. The summed E-state index contributed by atoms with van der Waals surface area (Å²) in [4.78, 5) is 29.9. The number of nitrogens with one attached hydrogen (secondary N) is 4. The fourth-order valence-corrected chi connectivity index (χ4v) is 4.31. The standard InChI is InChI=1S/C25H26N4O2/c1-27-22-14-19(11-12-20(22)15-26)17-7-9-18(10-8-17)23-21(24(30)29-25(31)28-23)13-16-5-3-2-4-6-16/h2-7,11-12,14-15,18,26-27H,8-10,13H2,1H3,(H2,28,29,30,31). The Kier molecular flexibility index (Phi) is 5.98. The topological polar surface area (TPSA) is 102 Å². The van der Waals surface area contributed by atoms with Crippen LogP contribution in [0.4, 0.5) is 5.69 Å². The summed E-state index contributed by atoms with van der Waals surface area (Å²) < 4.78 is 0. The average molecular weight is 415 g/mol. The first-order valence-electron chi connectivity index (χ1n) is 10.5. The maximum Gasteiger partial charge on any atom is 0.325 e. The number of rotatable bonds is 6. The van der Waals surface area contributed by atoms with Crippen LogP contribution in [0.5, 0.6) is 0 Å². The van der Waals surface area contributed by atoms with Crippen LogP contribution < -0.4 is 16.6 Å². The summed E-state index contributed by atoms with van der Waals surface area (Å²) in [5.74, 6) is 0.0991. The number of hydrogen-bond acceptors (Lipinski definition) is 4. The van der Waals surface area contributed by atoms with Crippen molar-refractivity contribution in [1.82, 2.24) is 9.97 Å². The van der Waals surface area contributed by atoms with E-state index in [0.29, 0.717) is 12.0 Å². The highest BCUT2D eigenvalue weighted by molar-refractivity contribution is 5.87. The molecule has 0 fully saturated rings. The lowest BCUT2D eigenvalue weighted by Gasteiger charge is -2.24. The monoisotopic (exact) mass is 414 g/mol. The first kappa shape index (κ1) is 20.6. The highest BCUT2D eigenvalue weighted by Crippen LogP contribution is 2.36. The van der Waals surface area contributed by atoms with E-state index in [0.717, 1.165) is 47.3 Å². The molecule has 6 heteroatoms. The molecule has 6 nitrogen and oxygen atoms in total. The van der Waals surface area contributed by atoms with E-state index in [-0.39, 0.29) is 11.5 Å².